The van der Waals surface area contributed by atoms with Crippen molar-refractivity contribution < 1.29 is 4.79 Å². The number of carbonyl (C=O) groups excluding carboxylic acids is 1. The third-order valence-corrected chi connectivity index (χ3v) is 6.11. The smallest absolute Gasteiger partial charge is 0.229 e. The molecule has 1 saturated heterocycles. The lowest BCUT2D eigenvalue weighted by Crippen LogP contribution is -2.44. The van der Waals surface area contributed by atoms with Crippen molar-refractivity contribution in [1.29, 1.82) is 0 Å². The van der Waals surface area contributed by atoms with Gasteiger partial charge in [0, 0.05) is 49.5 Å². The first kappa shape index (κ1) is 21.8. The van der Waals surface area contributed by atoms with Gasteiger partial charge in [-0.15, -0.1) is 0 Å². The minimum absolute atomic E-state index is 0.0179. The summed E-state index contributed by atoms with van der Waals surface area (Å²) in [5.41, 5.74) is 5.34. The Bertz CT molecular complexity index is 1320. The summed E-state index contributed by atoms with van der Waals surface area (Å²) >= 11 is 0. The van der Waals surface area contributed by atoms with Gasteiger partial charge in [-0.1, -0.05) is 24.8 Å². The topological polar surface area (TPSA) is 90.0 Å². The van der Waals surface area contributed by atoms with Crippen LogP contribution in [0.5, 0.6) is 0 Å². The number of likely N-dealkylation sites (N-methyl/N-ethyl adjacent to an activating group) is 1. The number of rotatable bonds is 7. The highest BCUT2D eigenvalue weighted by Gasteiger charge is 2.15. The minimum atomic E-state index is -0.0179. The third kappa shape index (κ3) is 4.67. The van der Waals surface area contributed by atoms with Gasteiger partial charge >= 0.3 is 0 Å². The summed E-state index contributed by atoms with van der Waals surface area (Å²) in [6.45, 7) is 7.77. The SMILES string of the molecule is C=CC(=O)Cc1cccc(-c2nc(Nc3ccc(N4CCN(C)CC4)cc3)nc3[nH]ncc23)c1. The fourth-order valence-electron chi connectivity index (χ4n) is 4.16. The standard InChI is InChI=1S/C26H27N7O/c1-3-22(34)16-18-5-4-6-19(15-18)24-23-17-27-31-25(23)30-26(29-24)28-20-7-9-21(10-8-20)33-13-11-32(2)12-14-33/h3-10,15,17H,1,11-14,16H2,2H3,(H2,27,28,29,30,31). The first-order chi connectivity index (χ1) is 16.6. The molecule has 2 N–H and O–H groups in total. The van der Waals surface area contributed by atoms with E-state index in [0.717, 1.165) is 54.1 Å². The Morgan fingerprint density at radius 1 is 1.12 bits per heavy atom. The summed E-state index contributed by atoms with van der Waals surface area (Å²) in [4.78, 5) is 26.0. The van der Waals surface area contributed by atoms with Crippen molar-refractivity contribution >= 4 is 34.1 Å². The van der Waals surface area contributed by atoms with E-state index in [1.54, 1.807) is 6.20 Å². The molecule has 3 heterocycles. The van der Waals surface area contributed by atoms with Crippen molar-refractivity contribution in [2.24, 2.45) is 0 Å². The Labute approximate surface area is 198 Å². The molecule has 4 aromatic rings. The monoisotopic (exact) mass is 453 g/mol. The molecule has 0 atom stereocenters. The number of benzene rings is 2. The van der Waals surface area contributed by atoms with E-state index >= 15 is 0 Å². The van der Waals surface area contributed by atoms with Crippen LogP contribution in [0.3, 0.4) is 0 Å². The fraction of sp³-hybridized carbons (Fsp3) is 0.231. The van der Waals surface area contributed by atoms with Gasteiger partial charge in [-0.05, 0) is 49.0 Å². The number of ketones is 1. The number of hydrogen-bond donors (Lipinski definition) is 2. The highest BCUT2D eigenvalue weighted by Crippen LogP contribution is 2.28. The van der Waals surface area contributed by atoms with Gasteiger partial charge in [-0.3, -0.25) is 9.89 Å². The number of nitrogens with one attached hydrogen (secondary N) is 2. The molecule has 0 bridgehead atoms. The van der Waals surface area contributed by atoms with Crippen LogP contribution in [-0.2, 0) is 11.2 Å². The van der Waals surface area contributed by atoms with Crippen LogP contribution >= 0.6 is 0 Å². The summed E-state index contributed by atoms with van der Waals surface area (Å²) in [6, 6.07) is 16.2. The van der Waals surface area contributed by atoms with Gasteiger partial charge in [0.25, 0.3) is 0 Å². The maximum atomic E-state index is 11.8. The van der Waals surface area contributed by atoms with Gasteiger partial charge in [0.15, 0.2) is 11.4 Å². The molecular weight excluding hydrogens is 426 g/mol. The third-order valence-electron chi connectivity index (χ3n) is 6.11. The Morgan fingerprint density at radius 2 is 1.91 bits per heavy atom. The van der Waals surface area contributed by atoms with E-state index < -0.39 is 0 Å². The number of anilines is 3. The molecule has 8 nitrogen and oxygen atoms in total. The molecule has 172 valence electrons. The lowest BCUT2D eigenvalue weighted by molar-refractivity contribution is -0.114. The average molecular weight is 454 g/mol. The van der Waals surface area contributed by atoms with Crippen LogP contribution in [0.2, 0.25) is 0 Å². The van der Waals surface area contributed by atoms with E-state index in [1.807, 2.05) is 24.3 Å². The molecule has 0 spiro atoms. The largest absolute Gasteiger partial charge is 0.369 e. The average Bonchev–Trinajstić information content (AvgIpc) is 3.33. The molecule has 1 aliphatic heterocycles. The highest BCUT2D eigenvalue weighted by atomic mass is 16.1. The molecule has 2 aromatic heterocycles. The molecule has 0 saturated carbocycles. The number of fused-ring (bicyclic) bond motifs is 1. The van der Waals surface area contributed by atoms with Gasteiger partial charge in [0.1, 0.15) is 0 Å². The van der Waals surface area contributed by atoms with E-state index in [1.165, 1.54) is 11.8 Å². The van der Waals surface area contributed by atoms with Gasteiger partial charge in [0.2, 0.25) is 5.95 Å². The van der Waals surface area contributed by atoms with Gasteiger partial charge < -0.3 is 15.1 Å². The quantitative estimate of drug-likeness (QED) is 0.411. The summed E-state index contributed by atoms with van der Waals surface area (Å²) in [6.07, 6.45) is 3.38. The fourth-order valence-corrected chi connectivity index (χ4v) is 4.16. The summed E-state index contributed by atoms with van der Waals surface area (Å²) in [7, 11) is 2.16. The minimum Gasteiger partial charge on any atom is -0.369 e. The van der Waals surface area contributed by atoms with Crippen molar-refractivity contribution in [3.8, 4) is 11.3 Å². The van der Waals surface area contributed by atoms with Crippen LogP contribution in [0.1, 0.15) is 5.56 Å². The number of carbonyl (C=O) groups is 1. The Kier molecular flexibility index (Phi) is 6.05. The maximum Gasteiger partial charge on any atom is 0.229 e. The number of aromatic amines is 1. The van der Waals surface area contributed by atoms with E-state index in [4.69, 9.17) is 4.98 Å². The number of aromatic nitrogens is 4. The first-order valence-electron chi connectivity index (χ1n) is 11.4. The Balaban J connectivity index is 1.41. The number of piperazine rings is 1. The molecule has 2 aromatic carbocycles. The zero-order valence-electron chi connectivity index (χ0n) is 19.2. The molecule has 34 heavy (non-hydrogen) atoms. The highest BCUT2D eigenvalue weighted by molar-refractivity contribution is 5.93. The molecule has 0 aliphatic carbocycles. The Hall–Kier alpha value is -4.04. The van der Waals surface area contributed by atoms with Gasteiger partial charge in [-0.2, -0.15) is 10.1 Å². The zero-order valence-corrected chi connectivity index (χ0v) is 19.2. The van der Waals surface area contributed by atoms with E-state index in [2.05, 4.69) is 68.2 Å². The number of hydrogen-bond acceptors (Lipinski definition) is 7. The molecule has 5 rings (SSSR count). The second-order valence-electron chi connectivity index (χ2n) is 8.54. The molecule has 0 amide bonds. The van der Waals surface area contributed by atoms with Crippen LogP contribution in [0, 0.1) is 0 Å². The van der Waals surface area contributed by atoms with Crippen molar-refractivity contribution in [2.75, 3.05) is 43.4 Å². The van der Waals surface area contributed by atoms with E-state index in [0.29, 0.717) is 18.0 Å². The summed E-state index contributed by atoms with van der Waals surface area (Å²) in [5.74, 6) is 0.461. The van der Waals surface area contributed by atoms with Crippen LogP contribution in [0.15, 0.2) is 67.4 Å². The Morgan fingerprint density at radius 3 is 2.68 bits per heavy atom. The molecule has 1 fully saturated rings. The maximum absolute atomic E-state index is 11.8. The van der Waals surface area contributed by atoms with Crippen molar-refractivity contribution in [3.05, 3.63) is 72.9 Å². The normalized spacial score (nSPS) is 14.3. The second kappa shape index (κ2) is 9.44. The van der Waals surface area contributed by atoms with Crippen molar-refractivity contribution in [2.45, 2.75) is 6.42 Å². The number of nitrogens with zero attached hydrogens (tertiary/aromatic N) is 5. The lowest BCUT2D eigenvalue weighted by atomic mass is 10.0. The predicted molar refractivity (Wildman–Crippen MR) is 135 cm³/mol. The van der Waals surface area contributed by atoms with Crippen LogP contribution in [-0.4, -0.2) is 64.1 Å². The summed E-state index contributed by atoms with van der Waals surface area (Å²) < 4.78 is 0. The van der Waals surface area contributed by atoms with E-state index in [-0.39, 0.29) is 5.78 Å². The number of allylic oxidation sites excluding steroid dienone is 1. The molecule has 0 radical (unpaired) electrons. The molecular formula is C26H27N7O. The van der Waals surface area contributed by atoms with Crippen LogP contribution in [0.25, 0.3) is 22.3 Å². The first-order valence-corrected chi connectivity index (χ1v) is 11.4. The zero-order chi connectivity index (χ0) is 23.5. The molecule has 8 heteroatoms. The van der Waals surface area contributed by atoms with Gasteiger partial charge in [-0.25, -0.2) is 4.98 Å². The number of H-pyrrole nitrogens is 1. The van der Waals surface area contributed by atoms with Crippen LogP contribution < -0.4 is 10.2 Å². The van der Waals surface area contributed by atoms with Crippen molar-refractivity contribution in [1.82, 2.24) is 25.1 Å². The van der Waals surface area contributed by atoms with E-state index in [9.17, 15) is 4.79 Å². The molecule has 1 aliphatic rings. The second-order valence-corrected chi connectivity index (χ2v) is 8.54. The van der Waals surface area contributed by atoms with Crippen molar-refractivity contribution in [3.63, 3.8) is 0 Å². The molecule has 0 unspecified atom stereocenters. The predicted octanol–water partition coefficient (Wildman–Crippen LogP) is 3.81. The van der Waals surface area contributed by atoms with Gasteiger partial charge in [0.05, 0.1) is 17.3 Å². The summed E-state index contributed by atoms with van der Waals surface area (Å²) in [5, 5.41) is 11.3. The lowest BCUT2D eigenvalue weighted by Gasteiger charge is -2.34. The van der Waals surface area contributed by atoms with Crippen LogP contribution in [0.4, 0.5) is 17.3 Å².